The predicted octanol–water partition coefficient (Wildman–Crippen LogP) is 3.71. The third-order valence-electron chi connectivity index (χ3n) is 4.44. The summed E-state index contributed by atoms with van der Waals surface area (Å²) in [7, 11) is 1.63. The summed E-state index contributed by atoms with van der Waals surface area (Å²) in [6.45, 7) is 0. The van der Waals surface area contributed by atoms with Gasteiger partial charge in [0.15, 0.2) is 0 Å². The number of rotatable bonds is 6. The lowest BCUT2D eigenvalue weighted by atomic mass is 10.1. The van der Waals surface area contributed by atoms with Crippen molar-refractivity contribution in [2.45, 2.75) is 0 Å². The normalized spacial score (nSPS) is 10.8. The third-order valence-corrected chi connectivity index (χ3v) is 4.44. The molecule has 4 aromatic rings. The third kappa shape index (κ3) is 4.25. The van der Waals surface area contributed by atoms with E-state index in [4.69, 9.17) is 9.84 Å². The first-order valence-electron chi connectivity index (χ1n) is 9.27. The van der Waals surface area contributed by atoms with Crippen LogP contribution in [0.25, 0.3) is 16.9 Å². The van der Waals surface area contributed by atoms with Crippen molar-refractivity contribution in [3.05, 3.63) is 96.4 Å². The van der Waals surface area contributed by atoms with E-state index >= 15 is 0 Å². The van der Waals surface area contributed by atoms with Gasteiger partial charge in [-0.25, -0.2) is 10.1 Å². The van der Waals surface area contributed by atoms with Gasteiger partial charge in [0, 0.05) is 35.3 Å². The van der Waals surface area contributed by atoms with E-state index in [0.717, 1.165) is 28.3 Å². The SMILES string of the molecule is COc1ccc(-c2nn(-c3ccccc3)cc2C=NNC(=O)c2ccncc2)cc1. The van der Waals surface area contributed by atoms with Crippen LogP contribution < -0.4 is 10.2 Å². The lowest BCUT2D eigenvalue weighted by Crippen LogP contribution is -2.17. The number of hydrogen-bond acceptors (Lipinski definition) is 5. The fraction of sp³-hybridized carbons (Fsp3) is 0.0435. The van der Waals surface area contributed by atoms with Gasteiger partial charge in [0.1, 0.15) is 11.4 Å². The number of hydrazone groups is 1. The smallest absolute Gasteiger partial charge is 0.271 e. The Hall–Kier alpha value is -4.26. The van der Waals surface area contributed by atoms with Crippen LogP contribution in [-0.2, 0) is 0 Å². The number of carbonyl (C=O) groups is 1. The lowest BCUT2D eigenvalue weighted by Gasteiger charge is -2.02. The second-order valence-corrected chi connectivity index (χ2v) is 6.38. The molecule has 0 saturated heterocycles. The molecular weight excluding hydrogens is 378 g/mol. The average Bonchev–Trinajstić information content (AvgIpc) is 3.24. The van der Waals surface area contributed by atoms with Crippen LogP contribution in [0.1, 0.15) is 15.9 Å². The van der Waals surface area contributed by atoms with Gasteiger partial charge in [0.25, 0.3) is 5.91 Å². The largest absolute Gasteiger partial charge is 0.497 e. The molecule has 0 fully saturated rings. The maximum Gasteiger partial charge on any atom is 0.271 e. The van der Waals surface area contributed by atoms with Crippen LogP contribution in [-0.4, -0.2) is 34.0 Å². The van der Waals surface area contributed by atoms with Crippen molar-refractivity contribution < 1.29 is 9.53 Å². The topological polar surface area (TPSA) is 81.4 Å². The van der Waals surface area contributed by atoms with Crippen LogP contribution >= 0.6 is 0 Å². The van der Waals surface area contributed by atoms with Crippen LogP contribution in [0.5, 0.6) is 5.75 Å². The highest BCUT2D eigenvalue weighted by Crippen LogP contribution is 2.25. The molecule has 0 spiro atoms. The average molecular weight is 397 g/mol. The van der Waals surface area contributed by atoms with Crippen molar-refractivity contribution in [2.24, 2.45) is 5.10 Å². The standard InChI is InChI=1S/C23H19N5O2/c1-30-21-9-7-17(8-10-21)22-19(16-28(27-22)20-5-3-2-4-6-20)15-25-26-23(29)18-11-13-24-14-12-18/h2-16H,1H3,(H,26,29). The highest BCUT2D eigenvalue weighted by atomic mass is 16.5. The minimum atomic E-state index is -0.310. The van der Waals surface area contributed by atoms with Crippen molar-refractivity contribution in [3.63, 3.8) is 0 Å². The predicted molar refractivity (Wildman–Crippen MR) is 115 cm³/mol. The molecule has 0 unspecified atom stereocenters. The fourth-order valence-electron chi connectivity index (χ4n) is 2.90. The van der Waals surface area contributed by atoms with Gasteiger partial charge in [-0.2, -0.15) is 10.2 Å². The van der Waals surface area contributed by atoms with Crippen LogP contribution in [0, 0.1) is 0 Å². The molecule has 2 aromatic heterocycles. The van der Waals surface area contributed by atoms with E-state index in [2.05, 4.69) is 15.5 Å². The molecule has 0 bridgehead atoms. The molecule has 0 aliphatic carbocycles. The molecule has 7 nitrogen and oxygen atoms in total. The summed E-state index contributed by atoms with van der Waals surface area (Å²) in [5.74, 6) is 0.455. The molecule has 0 saturated carbocycles. The summed E-state index contributed by atoms with van der Waals surface area (Å²) in [6.07, 6.45) is 6.58. The van der Waals surface area contributed by atoms with Crippen LogP contribution in [0.4, 0.5) is 0 Å². The first-order chi connectivity index (χ1) is 14.7. The summed E-state index contributed by atoms with van der Waals surface area (Å²) < 4.78 is 7.02. The molecule has 2 heterocycles. The number of aromatic nitrogens is 3. The number of amides is 1. The zero-order valence-corrected chi connectivity index (χ0v) is 16.3. The summed E-state index contributed by atoms with van der Waals surface area (Å²) >= 11 is 0. The van der Waals surface area contributed by atoms with E-state index in [1.807, 2.05) is 60.8 Å². The summed E-state index contributed by atoms with van der Waals surface area (Å²) in [4.78, 5) is 16.1. The Labute approximate surface area is 173 Å². The Kier molecular flexibility index (Phi) is 5.61. The number of pyridine rings is 1. The van der Waals surface area contributed by atoms with Gasteiger partial charge >= 0.3 is 0 Å². The second-order valence-electron chi connectivity index (χ2n) is 6.38. The summed E-state index contributed by atoms with van der Waals surface area (Å²) in [6, 6.07) is 20.7. The maximum absolute atomic E-state index is 12.2. The van der Waals surface area contributed by atoms with Crippen molar-refractivity contribution in [2.75, 3.05) is 7.11 Å². The number of carbonyl (C=O) groups excluding carboxylic acids is 1. The van der Waals surface area contributed by atoms with Crippen molar-refractivity contribution in [3.8, 4) is 22.7 Å². The summed E-state index contributed by atoms with van der Waals surface area (Å²) in [5.41, 5.74) is 6.36. The molecule has 148 valence electrons. The number of benzene rings is 2. The van der Waals surface area contributed by atoms with Crippen molar-refractivity contribution in [1.82, 2.24) is 20.2 Å². The minimum Gasteiger partial charge on any atom is -0.497 e. The Morgan fingerprint density at radius 2 is 1.77 bits per heavy atom. The van der Waals surface area contributed by atoms with Crippen LogP contribution in [0.3, 0.4) is 0 Å². The van der Waals surface area contributed by atoms with E-state index in [0.29, 0.717) is 5.56 Å². The Balaban J connectivity index is 1.64. The summed E-state index contributed by atoms with van der Waals surface area (Å²) in [5, 5.41) is 8.85. The quantitative estimate of drug-likeness (QED) is 0.397. The van der Waals surface area contributed by atoms with E-state index in [-0.39, 0.29) is 5.91 Å². The van der Waals surface area contributed by atoms with E-state index in [1.54, 1.807) is 42.5 Å². The zero-order chi connectivity index (χ0) is 20.8. The zero-order valence-electron chi connectivity index (χ0n) is 16.3. The van der Waals surface area contributed by atoms with E-state index in [9.17, 15) is 4.79 Å². The van der Waals surface area contributed by atoms with Gasteiger partial charge in [0.2, 0.25) is 0 Å². The molecule has 0 aliphatic heterocycles. The Morgan fingerprint density at radius 3 is 2.47 bits per heavy atom. The molecule has 7 heteroatoms. The lowest BCUT2D eigenvalue weighted by molar-refractivity contribution is 0.0955. The Bertz CT molecular complexity index is 1150. The number of nitrogens with one attached hydrogen (secondary N) is 1. The number of ether oxygens (including phenoxy) is 1. The fourth-order valence-corrected chi connectivity index (χ4v) is 2.90. The number of methoxy groups -OCH3 is 1. The molecular formula is C23H19N5O2. The molecule has 1 amide bonds. The molecule has 30 heavy (non-hydrogen) atoms. The van der Waals surface area contributed by atoms with Crippen molar-refractivity contribution >= 4 is 12.1 Å². The molecule has 4 rings (SSSR count). The highest BCUT2D eigenvalue weighted by molar-refractivity contribution is 5.95. The molecule has 1 N–H and O–H groups in total. The number of hydrogen-bond donors (Lipinski definition) is 1. The van der Waals surface area contributed by atoms with Gasteiger partial charge in [-0.15, -0.1) is 0 Å². The van der Waals surface area contributed by atoms with Gasteiger partial charge < -0.3 is 4.74 Å². The first-order valence-corrected chi connectivity index (χ1v) is 9.27. The van der Waals surface area contributed by atoms with E-state index in [1.165, 1.54) is 0 Å². The van der Waals surface area contributed by atoms with Crippen LogP contribution in [0.15, 0.2) is 90.4 Å². The highest BCUT2D eigenvalue weighted by Gasteiger charge is 2.12. The minimum absolute atomic E-state index is 0.310. The van der Waals surface area contributed by atoms with Gasteiger partial charge in [0.05, 0.1) is 19.0 Å². The number of nitrogens with zero attached hydrogens (tertiary/aromatic N) is 4. The molecule has 0 atom stereocenters. The van der Waals surface area contributed by atoms with Gasteiger partial charge in [-0.1, -0.05) is 18.2 Å². The van der Waals surface area contributed by atoms with Crippen LogP contribution in [0.2, 0.25) is 0 Å². The monoisotopic (exact) mass is 397 g/mol. The molecule has 0 radical (unpaired) electrons. The Morgan fingerprint density at radius 1 is 1.03 bits per heavy atom. The number of para-hydroxylation sites is 1. The first kappa shape index (κ1) is 19.1. The maximum atomic E-state index is 12.2. The molecule has 0 aliphatic rings. The van der Waals surface area contributed by atoms with E-state index < -0.39 is 0 Å². The second kappa shape index (κ2) is 8.83. The van der Waals surface area contributed by atoms with Crippen molar-refractivity contribution in [1.29, 1.82) is 0 Å². The van der Waals surface area contributed by atoms with Gasteiger partial charge in [-0.05, 0) is 48.5 Å². The van der Waals surface area contributed by atoms with Gasteiger partial charge in [-0.3, -0.25) is 9.78 Å². The molecule has 2 aromatic carbocycles.